The molecule has 1 aromatic heterocycles. The number of aryl methyl sites for hydroxylation is 1. The summed E-state index contributed by atoms with van der Waals surface area (Å²) >= 11 is 0. The van der Waals surface area contributed by atoms with Gasteiger partial charge < -0.3 is 25.0 Å². The third kappa shape index (κ3) is 5.68. The minimum atomic E-state index is -0.807. The van der Waals surface area contributed by atoms with Crippen LogP contribution in [0.25, 0.3) is 0 Å². The molecular formula is C25H32N4O3. The fraction of sp³-hybridized carbons (Fsp3) is 0.360. The van der Waals surface area contributed by atoms with Gasteiger partial charge in [0, 0.05) is 26.0 Å². The van der Waals surface area contributed by atoms with E-state index in [1.807, 2.05) is 66.3 Å². The molecular weight excluding hydrogens is 404 g/mol. The van der Waals surface area contributed by atoms with Crippen LogP contribution < -0.4 is 15.4 Å². The standard InChI is InChI=1S/C25H32N4O3/c1-25(2,3)19-11-9-17(10-12-19)21(30)16-27-24(31)28-22(23-26-13-14-29(23)4)18-7-6-8-20(15-18)32-5/h6-15,21-22,30H,16H2,1-5H3,(H2,27,28,31). The van der Waals surface area contributed by atoms with Crippen molar-refractivity contribution in [2.75, 3.05) is 13.7 Å². The van der Waals surface area contributed by atoms with Crippen molar-refractivity contribution in [3.05, 3.63) is 83.4 Å². The maximum Gasteiger partial charge on any atom is 0.315 e. The lowest BCUT2D eigenvalue weighted by Crippen LogP contribution is -2.40. The summed E-state index contributed by atoms with van der Waals surface area (Å²) < 4.78 is 7.18. The molecule has 32 heavy (non-hydrogen) atoms. The van der Waals surface area contributed by atoms with Gasteiger partial charge in [-0.25, -0.2) is 9.78 Å². The Kier molecular flexibility index (Phi) is 7.20. The van der Waals surface area contributed by atoms with Crippen molar-refractivity contribution in [3.63, 3.8) is 0 Å². The highest BCUT2D eigenvalue weighted by molar-refractivity contribution is 5.75. The number of rotatable bonds is 7. The second kappa shape index (κ2) is 9.87. The molecule has 0 saturated heterocycles. The van der Waals surface area contributed by atoms with E-state index < -0.39 is 18.2 Å². The summed E-state index contributed by atoms with van der Waals surface area (Å²) in [5, 5.41) is 16.3. The number of imidazole rings is 1. The molecule has 2 atom stereocenters. The van der Waals surface area contributed by atoms with E-state index in [-0.39, 0.29) is 12.0 Å². The fourth-order valence-corrected chi connectivity index (χ4v) is 3.47. The lowest BCUT2D eigenvalue weighted by atomic mass is 9.86. The number of ether oxygens (including phenoxy) is 1. The number of carbonyl (C=O) groups is 1. The molecule has 0 bridgehead atoms. The first kappa shape index (κ1) is 23.3. The number of hydrogen-bond acceptors (Lipinski definition) is 4. The van der Waals surface area contributed by atoms with Crippen LogP contribution in [0, 0.1) is 0 Å². The first-order valence-corrected chi connectivity index (χ1v) is 10.6. The van der Waals surface area contributed by atoms with Gasteiger partial charge in [0.2, 0.25) is 0 Å². The van der Waals surface area contributed by atoms with Crippen molar-refractivity contribution in [1.82, 2.24) is 20.2 Å². The van der Waals surface area contributed by atoms with Gasteiger partial charge in [0.1, 0.15) is 17.6 Å². The Morgan fingerprint density at radius 2 is 1.88 bits per heavy atom. The third-order valence-corrected chi connectivity index (χ3v) is 5.44. The van der Waals surface area contributed by atoms with Crippen LogP contribution in [-0.4, -0.2) is 34.3 Å². The van der Waals surface area contributed by atoms with E-state index in [0.717, 1.165) is 11.1 Å². The summed E-state index contributed by atoms with van der Waals surface area (Å²) in [6.07, 6.45) is 2.71. The molecule has 0 spiro atoms. The number of amides is 2. The number of urea groups is 1. The van der Waals surface area contributed by atoms with Crippen molar-refractivity contribution in [2.45, 2.75) is 38.3 Å². The summed E-state index contributed by atoms with van der Waals surface area (Å²) in [6.45, 7) is 6.52. The number of aromatic nitrogens is 2. The first-order valence-electron chi connectivity index (χ1n) is 10.6. The van der Waals surface area contributed by atoms with Crippen LogP contribution >= 0.6 is 0 Å². The van der Waals surface area contributed by atoms with Crippen LogP contribution in [0.5, 0.6) is 5.75 Å². The number of benzene rings is 2. The fourth-order valence-electron chi connectivity index (χ4n) is 3.47. The Hall–Kier alpha value is -3.32. The molecule has 1 heterocycles. The predicted octanol–water partition coefficient (Wildman–Crippen LogP) is 3.85. The minimum Gasteiger partial charge on any atom is -0.497 e. The van der Waals surface area contributed by atoms with Crippen molar-refractivity contribution >= 4 is 6.03 Å². The SMILES string of the molecule is COc1cccc(C(NC(=O)NCC(O)c2ccc(C(C)(C)C)cc2)c2nccn2C)c1. The van der Waals surface area contributed by atoms with Crippen LogP contribution in [-0.2, 0) is 12.5 Å². The molecule has 170 valence electrons. The van der Waals surface area contributed by atoms with Gasteiger partial charge in [0.25, 0.3) is 0 Å². The van der Waals surface area contributed by atoms with Crippen molar-refractivity contribution in [3.8, 4) is 5.75 Å². The zero-order valence-electron chi connectivity index (χ0n) is 19.3. The second-order valence-electron chi connectivity index (χ2n) is 8.85. The highest BCUT2D eigenvalue weighted by Crippen LogP contribution is 2.25. The Bertz CT molecular complexity index is 1040. The van der Waals surface area contributed by atoms with Crippen LogP contribution in [0.2, 0.25) is 0 Å². The monoisotopic (exact) mass is 436 g/mol. The van der Waals surface area contributed by atoms with Gasteiger partial charge in [-0.05, 0) is 34.2 Å². The maximum atomic E-state index is 12.7. The summed E-state index contributed by atoms with van der Waals surface area (Å²) in [4.78, 5) is 17.1. The average molecular weight is 437 g/mol. The highest BCUT2D eigenvalue weighted by Gasteiger charge is 2.22. The van der Waals surface area contributed by atoms with Crippen LogP contribution in [0.15, 0.2) is 60.9 Å². The van der Waals surface area contributed by atoms with E-state index >= 15 is 0 Å². The number of carbonyl (C=O) groups excluding carboxylic acids is 1. The molecule has 3 aromatic rings. The lowest BCUT2D eigenvalue weighted by molar-refractivity contribution is 0.172. The molecule has 2 aromatic carbocycles. The molecule has 2 amide bonds. The largest absolute Gasteiger partial charge is 0.497 e. The van der Waals surface area contributed by atoms with Crippen molar-refractivity contribution in [1.29, 1.82) is 0 Å². The van der Waals surface area contributed by atoms with E-state index in [4.69, 9.17) is 4.74 Å². The van der Waals surface area contributed by atoms with Gasteiger partial charge in [-0.2, -0.15) is 0 Å². The molecule has 0 aliphatic carbocycles. The molecule has 0 radical (unpaired) electrons. The Labute approximate surface area is 189 Å². The van der Waals surface area contributed by atoms with Crippen molar-refractivity contribution < 1.29 is 14.6 Å². The van der Waals surface area contributed by atoms with E-state index in [9.17, 15) is 9.90 Å². The number of nitrogens with one attached hydrogen (secondary N) is 2. The average Bonchev–Trinajstić information content (AvgIpc) is 3.20. The Balaban J connectivity index is 1.68. The Morgan fingerprint density at radius 1 is 1.16 bits per heavy atom. The molecule has 0 aliphatic rings. The highest BCUT2D eigenvalue weighted by atomic mass is 16.5. The quantitative estimate of drug-likeness (QED) is 0.525. The van der Waals surface area contributed by atoms with E-state index in [1.165, 1.54) is 5.56 Å². The maximum absolute atomic E-state index is 12.7. The summed E-state index contributed by atoms with van der Waals surface area (Å²) in [5.74, 6) is 1.38. The van der Waals surface area contributed by atoms with Gasteiger partial charge in [-0.15, -0.1) is 0 Å². The van der Waals surface area contributed by atoms with Crippen LogP contribution in [0.4, 0.5) is 4.79 Å². The first-order chi connectivity index (χ1) is 15.2. The zero-order chi connectivity index (χ0) is 23.3. The Morgan fingerprint density at radius 3 is 2.47 bits per heavy atom. The number of aliphatic hydroxyl groups is 1. The second-order valence-corrected chi connectivity index (χ2v) is 8.85. The third-order valence-electron chi connectivity index (χ3n) is 5.44. The minimum absolute atomic E-state index is 0.0434. The predicted molar refractivity (Wildman–Crippen MR) is 125 cm³/mol. The topological polar surface area (TPSA) is 88.4 Å². The molecule has 3 rings (SSSR count). The smallest absolute Gasteiger partial charge is 0.315 e. The number of hydrogen-bond donors (Lipinski definition) is 3. The van der Waals surface area contributed by atoms with Gasteiger partial charge >= 0.3 is 6.03 Å². The molecule has 0 saturated carbocycles. The van der Waals surface area contributed by atoms with E-state index in [2.05, 4.69) is 36.4 Å². The molecule has 7 nitrogen and oxygen atoms in total. The molecule has 3 N–H and O–H groups in total. The van der Waals surface area contributed by atoms with E-state index in [0.29, 0.717) is 11.6 Å². The molecule has 0 aliphatic heterocycles. The number of aliphatic hydroxyl groups excluding tert-OH is 1. The number of nitrogens with zero attached hydrogens (tertiary/aromatic N) is 2. The molecule has 2 unspecified atom stereocenters. The van der Waals surface area contributed by atoms with Gasteiger partial charge in [0.15, 0.2) is 0 Å². The van der Waals surface area contributed by atoms with Gasteiger partial charge in [-0.1, -0.05) is 57.2 Å². The number of methoxy groups -OCH3 is 1. The normalized spacial score (nSPS) is 13.3. The van der Waals surface area contributed by atoms with E-state index in [1.54, 1.807) is 13.3 Å². The van der Waals surface area contributed by atoms with Crippen LogP contribution in [0.3, 0.4) is 0 Å². The molecule has 7 heteroatoms. The molecule has 0 fully saturated rings. The van der Waals surface area contributed by atoms with Gasteiger partial charge in [0.05, 0.1) is 13.2 Å². The zero-order valence-corrected chi connectivity index (χ0v) is 19.3. The summed E-state index contributed by atoms with van der Waals surface area (Å²) in [7, 11) is 3.48. The summed E-state index contributed by atoms with van der Waals surface area (Å²) in [5.41, 5.74) is 2.83. The van der Waals surface area contributed by atoms with Crippen LogP contribution in [0.1, 0.15) is 55.4 Å². The van der Waals surface area contributed by atoms with Crippen molar-refractivity contribution in [2.24, 2.45) is 7.05 Å². The van der Waals surface area contributed by atoms with Gasteiger partial charge in [-0.3, -0.25) is 0 Å². The lowest BCUT2D eigenvalue weighted by Gasteiger charge is -2.21. The summed E-state index contributed by atoms with van der Waals surface area (Å²) in [6, 6.07) is 14.4.